The van der Waals surface area contributed by atoms with Crippen molar-refractivity contribution < 1.29 is 13.5 Å². The van der Waals surface area contributed by atoms with Crippen LogP contribution in [0.2, 0.25) is 0 Å². The Labute approximate surface area is 124 Å². The monoisotopic (exact) mass is 296 g/mol. The van der Waals surface area contributed by atoms with Gasteiger partial charge in [0.25, 0.3) is 0 Å². The quantitative estimate of drug-likeness (QED) is 0.742. The van der Waals surface area contributed by atoms with Crippen molar-refractivity contribution in [1.82, 2.24) is 5.32 Å². The molecule has 0 amide bonds. The zero-order valence-electron chi connectivity index (χ0n) is 12.7. The summed E-state index contributed by atoms with van der Waals surface area (Å²) in [6.45, 7) is 6.23. The van der Waals surface area contributed by atoms with Gasteiger partial charge in [-0.25, -0.2) is 8.78 Å². The number of hydrogen-bond donors (Lipinski definition) is 1. The van der Waals surface area contributed by atoms with Crippen LogP contribution in [0.4, 0.5) is 8.78 Å². The molecular weight excluding hydrogens is 274 g/mol. The molecule has 1 atom stereocenters. The minimum atomic E-state index is -0.711. The summed E-state index contributed by atoms with van der Waals surface area (Å²) in [6.07, 6.45) is 1.91. The number of ether oxygens (including phenoxy) is 1. The van der Waals surface area contributed by atoms with Gasteiger partial charge in [0, 0.05) is 12.1 Å². The molecule has 5 heteroatoms. The van der Waals surface area contributed by atoms with Gasteiger partial charge >= 0.3 is 0 Å². The molecule has 0 saturated carbocycles. The van der Waals surface area contributed by atoms with E-state index in [1.807, 2.05) is 20.8 Å². The third-order valence-electron chi connectivity index (χ3n) is 3.28. The van der Waals surface area contributed by atoms with Crippen LogP contribution in [-0.4, -0.2) is 18.2 Å². The second-order valence-electron chi connectivity index (χ2n) is 5.37. The average Bonchev–Trinajstić information content (AvgIpc) is 2.43. The maximum Gasteiger partial charge on any atom is 0.167 e. The third kappa shape index (κ3) is 5.31. The van der Waals surface area contributed by atoms with Crippen LogP contribution < -0.4 is 10.1 Å². The standard InChI is InChI=1S/C16H22F2N2O/c1-4-16(11-19,20-12(2)3)8-5-9-21-15-7-6-13(17)10-14(15)18/h6-7,10,12,20H,4-5,8-9H2,1-3H3. The molecule has 0 fully saturated rings. The van der Waals surface area contributed by atoms with E-state index >= 15 is 0 Å². The first-order chi connectivity index (χ1) is 9.92. The highest BCUT2D eigenvalue weighted by atomic mass is 19.1. The van der Waals surface area contributed by atoms with Crippen LogP contribution in [0.15, 0.2) is 18.2 Å². The summed E-state index contributed by atoms with van der Waals surface area (Å²) < 4.78 is 31.5. The van der Waals surface area contributed by atoms with Crippen LogP contribution in [0.25, 0.3) is 0 Å². The maximum atomic E-state index is 13.4. The van der Waals surface area contributed by atoms with Gasteiger partial charge in [0.15, 0.2) is 11.6 Å². The molecule has 1 N–H and O–H groups in total. The zero-order valence-corrected chi connectivity index (χ0v) is 12.7. The summed E-state index contributed by atoms with van der Waals surface area (Å²) in [5.74, 6) is -1.31. The largest absolute Gasteiger partial charge is 0.491 e. The SMILES string of the molecule is CCC(C#N)(CCCOc1ccc(F)cc1F)NC(C)C. The van der Waals surface area contributed by atoms with E-state index < -0.39 is 17.2 Å². The highest BCUT2D eigenvalue weighted by molar-refractivity contribution is 5.24. The molecule has 0 spiro atoms. The van der Waals surface area contributed by atoms with E-state index in [0.717, 1.165) is 12.1 Å². The van der Waals surface area contributed by atoms with Crippen molar-refractivity contribution in [3.05, 3.63) is 29.8 Å². The Hall–Kier alpha value is -1.67. The van der Waals surface area contributed by atoms with Gasteiger partial charge in [0.1, 0.15) is 11.4 Å². The second-order valence-corrected chi connectivity index (χ2v) is 5.37. The van der Waals surface area contributed by atoms with Crippen LogP contribution in [-0.2, 0) is 0 Å². The smallest absolute Gasteiger partial charge is 0.167 e. The number of hydrogen-bond acceptors (Lipinski definition) is 3. The lowest BCUT2D eigenvalue weighted by Crippen LogP contribution is -2.47. The molecule has 1 aromatic carbocycles. The van der Waals surface area contributed by atoms with Gasteiger partial charge in [0.2, 0.25) is 0 Å². The van der Waals surface area contributed by atoms with Crippen molar-refractivity contribution >= 4 is 0 Å². The van der Waals surface area contributed by atoms with E-state index in [4.69, 9.17) is 4.74 Å². The number of nitrogens with zero attached hydrogens (tertiary/aromatic N) is 1. The van der Waals surface area contributed by atoms with Crippen LogP contribution in [0.1, 0.15) is 40.0 Å². The Balaban J connectivity index is 2.50. The van der Waals surface area contributed by atoms with Crippen molar-refractivity contribution in [2.24, 2.45) is 0 Å². The molecule has 0 saturated heterocycles. The molecule has 116 valence electrons. The minimum Gasteiger partial charge on any atom is -0.491 e. The van der Waals surface area contributed by atoms with Crippen molar-refractivity contribution in [1.29, 1.82) is 5.26 Å². The zero-order chi connectivity index (χ0) is 15.9. The molecule has 0 aliphatic heterocycles. The van der Waals surface area contributed by atoms with Crippen molar-refractivity contribution in [3.8, 4) is 11.8 Å². The Morgan fingerprint density at radius 2 is 2.10 bits per heavy atom. The first-order valence-corrected chi connectivity index (χ1v) is 7.19. The second kappa shape index (κ2) is 7.94. The molecule has 1 unspecified atom stereocenters. The molecule has 0 radical (unpaired) electrons. The van der Waals surface area contributed by atoms with Crippen LogP contribution in [0.5, 0.6) is 5.75 Å². The van der Waals surface area contributed by atoms with Crippen LogP contribution in [0, 0.1) is 23.0 Å². The van der Waals surface area contributed by atoms with Gasteiger partial charge in [-0.05, 0) is 45.2 Å². The summed E-state index contributed by atoms with van der Waals surface area (Å²) >= 11 is 0. The summed E-state index contributed by atoms with van der Waals surface area (Å²) in [5, 5.41) is 12.6. The first-order valence-electron chi connectivity index (χ1n) is 7.19. The van der Waals surface area contributed by atoms with Crippen LogP contribution in [0.3, 0.4) is 0 Å². The lowest BCUT2D eigenvalue weighted by atomic mass is 9.91. The highest BCUT2D eigenvalue weighted by Gasteiger charge is 2.27. The molecule has 21 heavy (non-hydrogen) atoms. The predicted molar refractivity (Wildman–Crippen MR) is 78.0 cm³/mol. The van der Waals surface area contributed by atoms with Gasteiger partial charge in [-0.1, -0.05) is 6.92 Å². The molecule has 0 bridgehead atoms. The molecule has 1 aromatic rings. The van der Waals surface area contributed by atoms with Crippen LogP contribution >= 0.6 is 0 Å². The maximum absolute atomic E-state index is 13.4. The van der Waals surface area contributed by atoms with E-state index in [9.17, 15) is 14.0 Å². The fourth-order valence-electron chi connectivity index (χ4n) is 2.22. The molecule has 1 rings (SSSR count). The molecule has 0 aliphatic carbocycles. The predicted octanol–water partition coefficient (Wildman–Crippen LogP) is 3.79. The van der Waals surface area contributed by atoms with E-state index in [1.54, 1.807) is 0 Å². The average molecular weight is 296 g/mol. The number of nitriles is 1. The summed E-state index contributed by atoms with van der Waals surface area (Å²) in [5.41, 5.74) is -0.584. The number of rotatable bonds is 8. The fraction of sp³-hybridized carbons (Fsp3) is 0.562. The summed E-state index contributed by atoms with van der Waals surface area (Å²) in [6, 6.07) is 5.75. The number of benzene rings is 1. The van der Waals surface area contributed by atoms with Crippen molar-refractivity contribution in [2.75, 3.05) is 6.61 Å². The van der Waals surface area contributed by atoms with E-state index in [0.29, 0.717) is 19.3 Å². The summed E-state index contributed by atoms with van der Waals surface area (Å²) in [4.78, 5) is 0. The highest BCUT2D eigenvalue weighted by Crippen LogP contribution is 2.20. The van der Waals surface area contributed by atoms with Gasteiger partial charge in [-0.2, -0.15) is 5.26 Å². The Morgan fingerprint density at radius 3 is 2.62 bits per heavy atom. The van der Waals surface area contributed by atoms with Gasteiger partial charge in [-0.3, -0.25) is 5.32 Å². The molecule has 0 aliphatic rings. The molecule has 0 aromatic heterocycles. The fourth-order valence-corrected chi connectivity index (χ4v) is 2.22. The molecule has 3 nitrogen and oxygen atoms in total. The molecule has 0 heterocycles. The van der Waals surface area contributed by atoms with Crippen molar-refractivity contribution in [2.45, 2.75) is 51.6 Å². The van der Waals surface area contributed by atoms with Crippen molar-refractivity contribution in [3.63, 3.8) is 0 Å². The van der Waals surface area contributed by atoms with E-state index in [-0.39, 0.29) is 18.4 Å². The Kier molecular flexibility index (Phi) is 6.57. The van der Waals surface area contributed by atoms with E-state index in [2.05, 4.69) is 11.4 Å². The lowest BCUT2D eigenvalue weighted by Gasteiger charge is -2.29. The summed E-state index contributed by atoms with van der Waals surface area (Å²) in [7, 11) is 0. The van der Waals surface area contributed by atoms with Gasteiger partial charge in [-0.15, -0.1) is 0 Å². The minimum absolute atomic E-state index is 0.0345. The third-order valence-corrected chi connectivity index (χ3v) is 3.28. The van der Waals surface area contributed by atoms with E-state index in [1.165, 1.54) is 6.07 Å². The topological polar surface area (TPSA) is 45.0 Å². The number of nitrogens with one attached hydrogen (secondary N) is 1. The first kappa shape index (κ1) is 17.4. The van der Waals surface area contributed by atoms with Gasteiger partial charge in [0.05, 0.1) is 12.7 Å². The number of halogens is 2. The Bertz CT molecular complexity index is 500. The van der Waals surface area contributed by atoms with Gasteiger partial charge < -0.3 is 4.74 Å². The lowest BCUT2D eigenvalue weighted by molar-refractivity contribution is 0.260. The Morgan fingerprint density at radius 1 is 1.38 bits per heavy atom. The normalized spacial score (nSPS) is 13.8. The molecular formula is C16H22F2N2O.